The number of hydrogen-bond donors (Lipinski definition) is 1. The van der Waals surface area contributed by atoms with E-state index in [-0.39, 0.29) is 12.0 Å². The molecule has 1 aromatic carbocycles. The highest BCUT2D eigenvalue weighted by molar-refractivity contribution is 5.81. The second-order valence-corrected chi connectivity index (χ2v) is 6.25. The van der Waals surface area contributed by atoms with Crippen molar-refractivity contribution in [3.63, 3.8) is 0 Å². The molecular weight excluding hydrogens is 264 g/mol. The predicted molar refractivity (Wildman–Crippen MR) is 83.0 cm³/mol. The Labute approximate surface area is 124 Å². The first-order valence-electron chi connectivity index (χ1n) is 7.59. The molecule has 0 saturated heterocycles. The number of para-hydroxylation sites is 1. The number of aromatic nitrogens is 1. The summed E-state index contributed by atoms with van der Waals surface area (Å²) in [5, 5.41) is 1.28. The normalized spacial score (nSPS) is 19.5. The van der Waals surface area contributed by atoms with E-state index in [1.807, 2.05) is 0 Å². The topological polar surface area (TPSA) is 57.2 Å². The van der Waals surface area contributed by atoms with Crippen LogP contribution in [-0.4, -0.2) is 16.8 Å². The molecule has 1 aliphatic rings. The van der Waals surface area contributed by atoms with Gasteiger partial charge in [-0.2, -0.15) is 0 Å². The Kier molecular flexibility index (Phi) is 3.62. The molecule has 2 heterocycles. The second kappa shape index (κ2) is 5.43. The minimum Gasteiger partial charge on any atom is -0.446 e. The third kappa shape index (κ3) is 2.62. The van der Waals surface area contributed by atoms with E-state index in [0.29, 0.717) is 5.92 Å². The third-order valence-electron chi connectivity index (χ3n) is 4.46. The average Bonchev–Trinajstić information content (AvgIpc) is 2.82. The van der Waals surface area contributed by atoms with Crippen molar-refractivity contribution in [2.75, 3.05) is 0 Å². The number of ether oxygens (including phenoxy) is 1. The highest BCUT2D eigenvalue weighted by Gasteiger charge is 2.31. The van der Waals surface area contributed by atoms with E-state index < -0.39 is 6.09 Å². The molecule has 0 saturated carbocycles. The van der Waals surface area contributed by atoms with Crippen LogP contribution in [-0.2, 0) is 17.7 Å². The van der Waals surface area contributed by atoms with Crippen LogP contribution in [0.15, 0.2) is 30.3 Å². The molecule has 1 aromatic heterocycles. The quantitative estimate of drug-likeness (QED) is 0.941. The lowest BCUT2D eigenvalue weighted by molar-refractivity contribution is 0.0253. The first-order valence-corrected chi connectivity index (χ1v) is 7.59. The standard InChI is InChI=1S/C17H22N2O2/c1-11(2)16(21-17(18)20)13-7-8-14-9-12-5-3-4-6-15(12)19(14)10-13/h3-6,9,11,13,16H,7-8,10H2,1-2H3,(H2,18,20). The van der Waals surface area contributed by atoms with Crippen molar-refractivity contribution in [3.05, 3.63) is 36.0 Å². The average molecular weight is 286 g/mol. The largest absolute Gasteiger partial charge is 0.446 e. The minimum atomic E-state index is -0.670. The van der Waals surface area contributed by atoms with Crippen LogP contribution in [0.3, 0.4) is 0 Å². The maximum Gasteiger partial charge on any atom is 0.404 e. The van der Waals surface area contributed by atoms with Crippen molar-refractivity contribution in [3.8, 4) is 0 Å². The summed E-state index contributed by atoms with van der Waals surface area (Å²) in [7, 11) is 0. The molecule has 1 aliphatic heterocycles. The number of nitrogens with two attached hydrogens (primary N) is 1. The fraction of sp³-hybridized carbons (Fsp3) is 0.471. The number of benzene rings is 1. The Balaban J connectivity index is 1.90. The highest BCUT2D eigenvalue weighted by atomic mass is 16.6. The van der Waals surface area contributed by atoms with Crippen LogP contribution in [0.4, 0.5) is 4.79 Å². The van der Waals surface area contributed by atoms with E-state index >= 15 is 0 Å². The van der Waals surface area contributed by atoms with Gasteiger partial charge in [0.2, 0.25) is 0 Å². The first kappa shape index (κ1) is 14.0. The number of primary amides is 1. The zero-order valence-electron chi connectivity index (χ0n) is 12.6. The summed E-state index contributed by atoms with van der Waals surface area (Å²) in [6.45, 7) is 5.05. The predicted octanol–water partition coefficient (Wildman–Crippen LogP) is 3.32. The van der Waals surface area contributed by atoms with Crippen molar-refractivity contribution in [1.82, 2.24) is 4.57 Å². The fourth-order valence-electron chi connectivity index (χ4n) is 3.53. The SMILES string of the molecule is CC(C)C(OC(N)=O)C1CCc2cc3ccccc3n2C1. The van der Waals surface area contributed by atoms with Gasteiger partial charge in [0.05, 0.1) is 0 Å². The van der Waals surface area contributed by atoms with Gasteiger partial charge in [0, 0.05) is 23.7 Å². The van der Waals surface area contributed by atoms with Crippen molar-refractivity contribution < 1.29 is 9.53 Å². The number of carbonyl (C=O) groups excluding carboxylic acids is 1. The van der Waals surface area contributed by atoms with Crippen LogP contribution >= 0.6 is 0 Å². The molecule has 1 amide bonds. The van der Waals surface area contributed by atoms with E-state index in [1.54, 1.807) is 0 Å². The summed E-state index contributed by atoms with van der Waals surface area (Å²) in [5.74, 6) is 0.590. The lowest BCUT2D eigenvalue weighted by atomic mass is 9.87. The highest BCUT2D eigenvalue weighted by Crippen LogP contribution is 2.32. The van der Waals surface area contributed by atoms with Crippen LogP contribution in [0.1, 0.15) is 26.0 Å². The summed E-state index contributed by atoms with van der Waals surface area (Å²) in [6, 6.07) is 10.7. The molecule has 4 heteroatoms. The molecule has 2 aromatic rings. The van der Waals surface area contributed by atoms with Crippen LogP contribution in [0.5, 0.6) is 0 Å². The molecule has 21 heavy (non-hydrogen) atoms. The molecule has 0 spiro atoms. The van der Waals surface area contributed by atoms with Crippen LogP contribution < -0.4 is 5.73 Å². The molecule has 2 unspecified atom stereocenters. The number of nitrogens with zero attached hydrogens (tertiary/aromatic N) is 1. The Morgan fingerprint density at radius 1 is 1.38 bits per heavy atom. The van der Waals surface area contributed by atoms with E-state index in [0.717, 1.165) is 19.4 Å². The molecule has 4 nitrogen and oxygen atoms in total. The zero-order chi connectivity index (χ0) is 15.0. The first-order chi connectivity index (χ1) is 10.1. The van der Waals surface area contributed by atoms with Gasteiger partial charge in [-0.05, 0) is 36.3 Å². The van der Waals surface area contributed by atoms with Gasteiger partial charge in [-0.1, -0.05) is 32.0 Å². The van der Waals surface area contributed by atoms with Gasteiger partial charge in [-0.25, -0.2) is 4.79 Å². The molecule has 2 N–H and O–H groups in total. The van der Waals surface area contributed by atoms with Gasteiger partial charge in [-0.3, -0.25) is 0 Å². The van der Waals surface area contributed by atoms with Gasteiger partial charge >= 0.3 is 6.09 Å². The Morgan fingerprint density at radius 3 is 2.86 bits per heavy atom. The molecule has 112 valence electrons. The fourth-order valence-corrected chi connectivity index (χ4v) is 3.53. The van der Waals surface area contributed by atoms with Gasteiger partial charge in [0.25, 0.3) is 0 Å². The van der Waals surface area contributed by atoms with Crippen LogP contribution in [0.25, 0.3) is 10.9 Å². The maximum absolute atomic E-state index is 11.2. The van der Waals surface area contributed by atoms with Crippen LogP contribution in [0.2, 0.25) is 0 Å². The summed E-state index contributed by atoms with van der Waals surface area (Å²) in [4.78, 5) is 11.2. The second-order valence-electron chi connectivity index (χ2n) is 6.25. The zero-order valence-corrected chi connectivity index (χ0v) is 12.6. The number of amides is 1. The van der Waals surface area contributed by atoms with E-state index in [1.165, 1.54) is 16.6 Å². The van der Waals surface area contributed by atoms with Crippen molar-refractivity contribution in [2.45, 2.75) is 39.3 Å². The van der Waals surface area contributed by atoms with Gasteiger partial charge in [0.15, 0.2) is 0 Å². The van der Waals surface area contributed by atoms with Crippen molar-refractivity contribution in [1.29, 1.82) is 0 Å². The smallest absolute Gasteiger partial charge is 0.404 e. The molecule has 0 fully saturated rings. The Morgan fingerprint density at radius 2 is 2.14 bits per heavy atom. The molecule has 0 radical (unpaired) electrons. The van der Waals surface area contributed by atoms with Crippen molar-refractivity contribution >= 4 is 17.0 Å². The minimum absolute atomic E-state index is 0.114. The number of rotatable bonds is 3. The van der Waals surface area contributed by atoms with Gasteiger partial charge < -0.3 is 15.0 Å². The third-order valence-corrected chi connectivity index (χ3v) is 4.46. The lowest BCUT2D eigenvalue weighted by Gasteiger charge is -2.33. The number of aryl methyl sites for hydroxylation is 1. The number of carbonyl (C=O) groups is 1. The summed E-state index contributed by atoms with van der Waals surface area (Å²) < 4.78 is 7.74. The Hall–Kier alpha value is -1.97. The van der Waals surface area contributed by atoms with Gasteiger partial charge in [0.1, 0.15) is 6.10 Å². The molecule has 2 atom stereocenters. The summed E-state index contributed by atoms with van der Waals surface area (Å²) in [5.41, 5.74) is 7.87. The monoisotopic (exact) mass is 286 g/mol. The lowest BCUT2D eigenvalue weighted by Crippen LogP contribution is -2.38. The molecular formula is C17H22N2O2. The van der Waals surface area contributed by atoms with Crippen molar-refractivity contribution in [2.24, 2.45) is 17.6 Å². The maximum atomic E-state index is 11.2. The molecule has 0 bridgehead atoms. The molecule has 3 rings (SSSR count). The Bertz CT molecular complexity index is 660. The van der Waals surface area contributed by atoms with E-state index in [4.69, 9.17) is 10.5 Å². The van der Waals surface area contributed by atoms with Crippen LogP contribution in [0, 0.1) is 11.8 Å². The number of fused-ring (bicyclic) bond motifs is 3. The van der Waals surface area contributed by atoms with Gasteiger partial charge in [-0.15, -0.1) is 0 Å². The molecule has 0 aliphatic carbocycles. The van der Waals surface area contributed by atoms with E-state index in [2.05, 4.69) is 48.7 Å². The number of hydrogen-bond acceptors (Lipinski definition) is 2. The summed E-state index contributed by atoms with van der Waals surface area (Å²) >= 11 is 0. The summed E-state index contributed by atoms with van der Waals surface area (Å²) in [6.07, 6.45) is 1.27. The van der Waals surface area contributed by atoms with E-state index in [9.17, 15) is 4.79 Å².